The molecule has 1 aromatic carbocycles. The molecule has 21 heavy (non-hydrogen) atoms. The van der Waals surface area contributed by atoms with Crippen LogP contribution in [-0.4, -0.2) is 42.7 Å². The lowest BCUT2D eigenvalue weighted by atomic mass is 10.3. The third-order valence-corrected chi connectivity index (χ3v) is 4.15. The molecule has 0 unspecified atom stereocenters. The van der Waals surface area contributed by atoms with Gasteiger partial charge in [-0.15, -0.1) is 11.8 Å². The van der Waals surface area contributed by atoms with Gasteiger partial charge in [0.1, 0.15) is 0 Å². The molecule has 2 N–H and O–H groups in total. The van der Waals surface area contributed by atoms with Crippen molar-refractivity contribution in [3.05, 3.63) is 24.3 Å². The molecular formula is C15H21N3O2S. The van der Waals surface area contributed by atoms with E-state index in [0.29, 0.717) is 13.0 Å². The van der Waals surface area contributed by atoms with Gasteiger partial charge in [0.25, 0.3) is 0 Å². The molecule has 5 nitrogen and oxygen atoms in total. The first-order chi connectivity index (χ1) is 10.2. The highest BCUT2D eigenvalue weighted by Crippen LogP contribution is 2.17. The first-order valence-electron chi connectivity index (χ1n) is 7.16. The molecule has 3 amide bonds. The van der Waals surface area contributed by atoms with Gasteiger partial charge in [0, 0.05) is 36.6 Å². The van der Waals surface area contributed by atoms with Gasteiger partial charge in [-0.1, -0.05) is 0 Å². The SMILES string of the molecule is CSc1ccc(NC(=O)NCCCN2CCCC2=O)cc1. The Labute approximate surface area is 129 Å². The van der Waals surface area contributed by atoms with E-state index in [1.807, 2.05) is 35.4 Å². The van der Waals surface area contributed by atoms with Crippen LogP contribution in [-0.2, 0) is 4.79 Å². The van der Waals surface area contributed by atoms with E-state index in [1.165, 1.54) is 0 Å². The maximum atomic E-state index is 11.7. The molecule has 1 aliphatic heterocycles. The Morgan fingerprint density at radius 3 is 2.71 bits per heavy atom. The summed E-state index contributed by atoms with van der Waals surface area (Å²) < 4.78 is 0. The van der Waals surface area contributed by atoms with E-state index in [9.17, 15) is 9.59 Å². The van der Waals surface area contributed by atoms with Gasteiger partial charge >= 0.3 is 6.03 Å². The Kier molecular flexibility index (Phi) is 5.92. The van der Waals surface area contributed by atoms with Crippen molar-refractivity contribution in [1.82, 2.24) is 10.2 Å². The van der Waals surface area contributed by atoms with Crippen LogP contribution in [0.25, 0.3) is 0 Å². The Morgan fingerprint density at radius 2 is 2.10 bits per heavy atom. The van der Waals surface area contributed by atoms with Crippen LogP contribution in [0.3, 0.4) is 0 Å². The zero-order valence-electron chi connectivity index (χ0n) is 12.2. The van der Waals surface area contributed by atoms with Crippen molar-refractivity contribution in [3.8, 4) is 0 Å². The van der Waals surface area contributed by atoms with E-state index in [-0.39, 0.29) is 11.9 Å². The molecule has 0 spiro atoms. The number of carbonyl (C=O) groups excluding carboxylic acids is 2. The van der Waals surface area contributed by atoms with E-state index >= 15 is 0 Å². The van der Waals surface area contributed by atoms with Gasteiger partial charge < -0.3 is 15.5 Å². The summed E-state index contributed by atoms with van der Waals surface area (Å²) in [5, 5.41) is 5.60. The van der Waals surface area contributed by atoms with Crippen molar-refractivity contribution < 1.29 is 9.59 Å². The zero-order chi connectivity index (χ0) is 15.1. The standard InChI is InChI=1S/C15H21N3O2S/c1-21-13-7-5-12(6-8-13)17-15(20)16-9-3-11-18-10-2-4-14(18)19/h5-8H,2-4,9-11H2,1H3,(H2,16,17,20). The highest BCUT2D eigenvalue weighted by molar-refractivity contribution is 7.98. The lowest BCUT2D eigenvalue weighted by Crippen LogP contribution is -2.32. The minimum Gasteiger partial charge on any atom is -0.343 e. The van der Waals surface area contributed by atoms with E-state index in [0.717, 1.165) is 36.5 Å². The van der Waals surface area contributed by atoms with Crippen LogP contribution in [0.1, 0.15) is 19.3 Å². The number of likely N-dealkylation sites (tertiary alicyclic amines) is 1. The van der Waals surface area contributed by atoms with Gasteiger partial charge in [-0.25, -0.2) is 4.79 Å². The molecule has 1 aliphatic rings. The predicted molar refractivity (Wildman–Crippen MR) is 85.7 cm³/mol. The smallest absolute Gasteiger partial charge is 0.319 e. The quantitative estimate of drug-likeness (QED) is 0.627. The monoisotopic (exact) mass is 307 g/mol. The third-order valence-electron chi connectivity index (χ3n) is 3.41. The van der Waals surface area contributed by atoms with Crippen LogP contribution >= 0.6 is 11.8 Å². The van der Waals surface area contributed by atoms with Crippen LogP contribution < -0.4 is 10.6 Å². The number of hydrogen-bond acceptors (Lipinski definition) is 3. The van der Waals surface area contributed by atoms with E-state index in [4.69, 9.17) is 0 Å². The molecule has 0 saturated carbocycles. The van der Waals surface area contributed by atoms with Crippen molar-refractivity contribution in [2.45, 2.75) is 24.2 Å². The van der Waals surface area contributed by atoms with Gasteiger partial charge in [0.15, 0.2) is 0 Å². The number of anilines is 1. The molecule has 0 atom stereocenters. The summed E-state index contributed by atoms with van der Waals surface area (Å²) >= 11 is 1.66. The molecule has 1 heterocycles. The number of amides is 3. The maximum Gasteiger partial charge on any atom is 0.319 e. The second-order valence-corrected chi connectivity index (χ2v) is 5.83. The Balaban J connectivity index is 1.63. The minimum absolute atomic E-state index is 0.209. The molecule has 6 heteroatoms. The largest absolute Gasteiger partial charge is 0.343 e. The summed E-state index contributed by atoms with van der Waals surface area (Å²) in [6, 6.07) is 7.50. The molecule has 0 radical (unpaired) electrons. The second kappa shape index (κ2) is 7.93. The van der Waals surface area contributed by atoms with Crippen LogP contribution in [0.15, 0.2) is 29.2 Å². The number of urea groups is 1. The van der Waals surface area contributed by atoms with Gasteiger partial charge in [0.2, 0.25) is 5.91 Å². The fraction of sp³-hybridized carbons (Fsp3) is 0.467. The van der Waals surface area contributed by atoms with Gasteiger partial charge in [-0.3, -0.25) is 4.79 Å². The van der Waals surface area contributed by atoms with Crippen molar-refractivity contribution in [3.63, 3.8) is 0 Å². The highest BCUT2D eigenvalue weighted by atomic mass is 32.2. The maximum absolute atomic E-state index is 11.7. The first-order valence-corrected chi connectivity index (χ1v) is 8.38. The summed E-state index contributed by atoms with van der Waals surface area (Å²) in [6.45, 7) is 2.15. The molecule has 0 aromatic heterocycles. The van der Waals surface area contributed by atoms with Crippen molar-refractivity contribution in [2.24, 2.45) is 0 Å². The molecule has 0 bridgehead atoms. The number of benzene rings is 1. The van der Waals surface area contributed by atoms with Crippen LogP contribution in [0.5, 0.6) is 0 Å². The van der Waals surface area contributed by atoms with E-state index < -0.39 is 0 Å². The number of thioether (sulfide) groups is 1. The molecule has 1 fully saturated rings. The first kappa shape index (κ1) is 15.7. The molecule has 0 aliphatic carbocycles. The van der Waals surface area contributed by atoms with Crippen LogP contribution in [0.2, 0.25) is 0 Å². The second-order valence-electron chi connectivity index (χ2n) is 4.95. The van der Waals surface area contributed by atoms with Gasteiger partial charge in [-0.05, 0) is 43.4 Å². The topological polar surface area (TPSA) is 61.4 Å². The van der Waals surface area contributed by atoms with Crippen molar-refractivity contribution in [1.29, 1.82) is 0 Å². The molecule has 114 valence electrons. The van der Waals surface area contributed by atoms with E-state index in [1.54, 1.807) is 11.8 Å². The number of carbonyl (C=O) groups is 2. The summed E-state index contributed by atoms with van der Waals surface area (Å²) in [5.41, 5.74) is 0.778. The Bertz CT molecular complexity index is 490. The number of nitrogens with one attached hydrogen (secondary N) is 2. The Morgan fingerprint density at radius 1 is 1.33 bits per heavy atom. The lowest BCUT2D eigenvalue weighted by molar-refractivity contribution is -0.127. The fourth-order valence-electron chi connectivity index (χ4n) is 2.26. The number of rotatable bonds is 6. The van der Waals surface area contributed by atoms with E-state index in [2.05, 4.69) is 10.6 Å². The number of nitrogens with zero attached hydrogens (tertiary/aromatic N) is 1. The average Bonchev–Trinajstić information content (AvgIpc) is 2.90. The summed E-state index contributed by atoms with van der Waals surface area (Å²) in [4.78, 5) is 26.2. The van der Waals surface area contributed by atoms with Crippen molar-refractivity contribution >= 4 is 29.4 Å². The summed E-state index contributed by atoms with van der Waals surface area (Å²) in [7, 11) is 0. The minimum atomic E-state index is -0.209. The van der Waals surface area contributed by atoms with Gasteiger partial charge in [0.05, 0.1) is 0 Å². The predicted octanol–water partition coefficient (Wildman–Crippen LogP) is 2.54. The molecule has 1 aromatic rings. The summed E-state index contributed by atoms with van der Waals surface area (Å²) in [6.07, 6.45) is 4.42. The van der Waals surface area contributed by atoms with Crippen LogP contribution in [0, 0.1) is 0 Å². The van der Waals surface area contributed by atoms with Crippen molar-refractivity contribution in [2.75, 3.05) is 31.2 Å². The average molecular weight is 307 g/mol. The zero-order valence-corrected chi connectivity index (χ0v) is 13.0. The molecule has 1 saturated heterocycles. The normalized spacial score (nSPS) is 14.3. The Hall–Kier alpha value is -1.69. The molecule has 2 rings (SSSR count). The fourth-order valence-corrected chi connectivity index (χ4v) is 2.67. The lowest BCUT2D eigenvalue weighted by Gasteiger charge is -2.15. The van der Waals surface area contributed by atoms with Gasteiger partial charge in [-0.2, -0.15) is 0 Å². The number of hydrogen-bond donors (Lipinski definition) is 2. The summed E-state index contributed by atoms with van der Waals surface area (Å²) in [5.74, 6) is 0.230. The highest BCUT2D eigenvalue weighted by Gasteiger charge is 2.18. The molecular weight excluding hydrogens is 286 g/mol. The third kappa shape index (κ3) is 4.97. The van der Waals surface area contributed by atoms with Crippen LogP contribution in [0.4, 0.5) is 10.5 Å².